The van der Waals surface area contributed by atoms with Gasteiger partial charge in [0.2, 0.25) is 5.91 Å². The molecule has 7 nitrogen and oxygen atoms in total. The molecule has 21 heavy (non-hydrogen) atoms. The van der Waals surface area contributed by atoms with Gasteiger partial charge in [-0.1, -0.05) is 23.9 Å². The summed E-state index contributed by atoms with van der Waals surface area (Å²) in [5.74, 6) is 0.912. The number of carbonyl (C=O) groups is 1. The van der Waals surface area contributed by atoms with E-state index >= 15 is 0 Å². The average Bonchev–Trinajstić information content (AvgIpc) is 3.17. The normalized spacial score (nSPS) is 13.6. The first-order valence-corrected chi connectivity index (χ1v) is 7.18. The topological polar surface area (TPSA) is 96.7 Å². The molecule has 1 aliphatic rings. The molecule has 0 unspecified atom stereocenters. The number of fused-ring (bicyclic) bond motifs is 1. The van der Waals surface area contributed by atoms with Crippen molar-refractivity contribution in [3.05, 3.63) is 30.3 Å². The molecule has 2 aromatic heterocycles. The molecule has 1 aromatic carbocycles. The van der Waals surface area contributed by atoms with Crippen LogP contribution < -0.4 is 0 Å². The summed E-state index contributed by atoms with van der Waals surface area (Å²) >= 11 is 1.36. The van der Waals surface area contributed by atoms with Gasteiger partial charge in [0.25, 0.3) is 0 Å². The Morgan fingerprint density at radius 3 is 3.00 bits per heavy atom. The molecule has 0 spiro atoms. The Kier molecular flexibility index (Phi) is 2.58. The van der Waals surface area contributed by atoms with Crippen LogP contribution in [0.2, 0.25) is 0 Å². The lowest BCUT2D eigenvalue weighted by Crippen LogP contribution is -2.08. The summed E-state index contributed by atoms with van der Waals surface area (Å²) in [5, 5.41) is 25.5. The molecule has 0 saturated heterocycles. The van der Waals surface area contributed by atoms with E-state index in [4.69, 9.17) is 0 Å². The molecule has 0 radical (unpaired) electrons. The molecule has 4 rings (SSSR count). The lowest BCUT2D eigenvalue weighted by atomic mass is 10.1. The maximum Gasteiger partial charge on any atom is 0.244 e. The second-order valence-corrected chi connectivity index (χ2v) is 5.45. The zero-order chi connectivity index (χ0) is 14.4. The van der Waals surface area contributed by atoms with Crippen LogP contribution >= 0.6 is 11.8 Å². The van der Waals surface area contributed by atoms with Crippen LogP contribution in [0.15, 0.2) is 35.5 Å². The summed E-state index contributed by atoms with van der Waals surface area (Å²) in [6, 6.07) is 8.66. The molecule has 0 atom stereocenters. The Hall–Kier alpha value is -2.61. The molecule has 8 heteroatoms. The van der Waals surface area contributed by atoms with Crippen molar-refractivity contribution in [2.75, 3.05) is 5.75 Å². The third-order valence-electron chi connectivity index (χ3n) is 3.21. The van der Waals surface area contributed by atoms with Crippen LogP contribution in [-0.2, 0) is 0 Å². The van der Waals surface area contributed by atoms with Crippen molar-refractivity contribution in [2.45, 2.75) is 5.16 Å². The summed E-state index contributed by atoms with van der Waals surface area (Å²) in [6.45, 7) is 0. The smallest absolute Gasteiger partial charge is 0.244 e. The zero-order valence-corrected chi connectivity index (χ0v) is 11.5. The van der Waals surface area contributed by atoms with Gasteiger partial charge in [0.15, 0.2) is 11.0 Å². The molecule has 104 valence electrons. The Morgan fingerprint density at radius 1 is 1.29 bits per heavy atom. The lowest BCUT2D eigenvalue weighted by molar-refractivity contribution is 0.0941. The fraction of sp³-hybridized carbons (Fsp3) is 0.0769. The van der Waals surface area contributed by atoms with Gasteiger partial charge in [0.05, 0.1) is 11.4 Å². The Bertz CT molecular complexity index is 854. The Labute approximate surface area is 123 Å². The fourth-order valence-corrected chi connectivity index (χ4v) is 3.02. The predicted molar refractivity (Wildman–Crippen MR) is 76.1 cm³/mol. The van der Waals surface area contributed by atoms with Gasteiger partial charge in [-0.3, -0.25) is 9.89 Å². The van der Waals surface area contributed by atoms with Gasteiger partial charge >= 0.3 is 0 Å². The number of phenolic OH excluding ortho intramolecular Hbond substituents is 1. The molecule has 0 saturated carbocycles. The minimum Gasteiger partial charge on any atom is -0.507 e. The van der Waals surface area contributed by atoms with Crippen molar-refractivity contribution in [3.8, 4) is 28.5 Å². The monoisotopic (exact) mass is 299 g/mol. The minimum atomic E-state index is -0.0475. The first-order chi connectivity index (χ1) is 10.2. The number of H-pyrrole nitrogens is 1. The number of hydrogen-bond acceptors (Lipinski definition) is 6. The Morgan fingerprint density at radius 2 is 2.14 bits per heavy atom. The van der Waals surface area contributed by atoms with Crippen molar-refractivity contribution in [1.82, 2.24) is 25.0 Å². The third kappa shape index (κ3) is 1.83. The molecule has 3 heterocycles. The van der Waals surface area contributed by atoms with E-state index in [1.807, 2.05) is 6.07 Å². The van der Waals surface area contributed by atoms with Crippen LogP contribution in [0.1, 0.15) is 4.79 Å². The molecular weight excluding hydrogens is 290 g/mol. The zero-order valence-electron chi connectivity index (χ0n) is 10.6. The number of carbonyl (C=O) groups excluding carboxylic acids is 1. The molecule has 0 bridgehead atoms. The molecule has 0 fully saturated rings. The number of phenols is 1. The van der Waals surface area contributed by atoms with E-state index in [0.717, 1.165) is 0 Å². The summed E-state index contributed by atoms with van der Waals surface area (Å²) in [6.07, 6.45) is 0. The van der Waals surface area contributed by atoms with E-state index in [-0.39, 0.29) is 11.7 Å². The SMILES string of the molecule is O=C1CSc2nnc(-c3cc(-c4ccccc4O)n[nH]3)n21. The largest absolute Gasteiger partial charge is 0.507 e. The number of nitrogens with zero attached hydrogens (tertiary/aromatic N) is 4. The van der Waals surface area contributed by atoms with Gasteiger partial charge in [-0.15, -0.1) is 10.2 Å². The highest BCUT2D eigenvalue weighted by atomic mass is 32.2. The highest BCUT2D eigenvalue weighted by Crippen LogP contribution is 2.32. The Balaban J connectivity index is 1.80. The second kappa shape index (κ2) is 4.45. The molecule has 0 amide bonds. The summed E-state index contributed by atoms with van der Waals surface area (Å²) in [5.41, 5.74) is 1.78. The van der Waals surface area contributed by atoms with Crippen LogP contribution in [-0.4, -0.2) is 41.7 Å². The molecule has 0 aliphatic carbocycles. The van der Waals surface area contributed by atoms with E-state index in [0.29, 0.717) is 33.7 Å². The van der Waals surface area contributed by atoms with E-state index < -0.39 is 0 Å². The molecule has 1 aliphatic heterocycles. The van der Waals surface area contributed by atoms with Crippen molar-refractivity contribution in [3.63, 3.8) is 0 Å². The summed E-state index contributed by atoms with van der Waals surface area (Å²) in [4.78, 5) is 11.8. The number of rotatable bonds is 2. The number of thioether (sulfide) groups is 1. The maximum absolute atomic E-state index is 11.8. The van der Waals surface area contributed by atoms with E-state index in [9.17, 15) is 9.90 Å². The number of hydrogen-bond donors (Lipinski definition) is 2. The molecule has 3 aromatic rings. The second-order valence-electron chi connectivity index (χ2n) is 4.51. The number of benzene rings is 1. The highest BCUT2D eigenvalue weighted by molar-refractivity contribution is 8.00. The van der Waals surface area contributed by atoms with Crippen LogP contribution in [0.25, 0.3) is 22.8 Å². The fourth-order valence-electron chi connectivity index (χ4n) is 2.22. The average molecular weight is 299 g/mol. The lowest BCUT2D eigenvalue weighted by Gasteiger charge is -1.98. The van der Waals surface area contributed by atoms with Crippen LogP contribution in [0.3, 0.4) is 0 Å². The van der Waals surface area contributed by atoms with Crippen LogP contribution in [0, 0.1) is 0 Å². The van der Waals surface area contributed by atoms with Gasteiger partial charge in [-0.05, 0) is 18.2 Å². The van der Waals surface area contributed by atoms with E-state index in [1.54, 1.807) is 24.3 Å². The minimum absolute atomic E-state index is 0.0475. The maximum atomic E-state index is 11.8. The first-order valence-electron chi connectivity index (χ1n) is 6.19. The summed E-state index contributed by atoms with van der Waals surface area (Å²) in [7, 11) is 0. The number of para-hydroxylation sites is 1. The van der Waals surface area contributed by atoms with Crippen molar-refractivity contribution in [1.29, 1.82) is 0 Å². The van der Waals surface area contributed by atoms with E-state index in [2.05, 4.69) is 20.4 Å². The predicted octanol–water partition coefficient (Wildman–Crippen LogP) is 1.79. The highest BCUT2D eigenvalue weighted by Gasteiger charge is 2.27. The van der Waals surface area contributed by atoms with Gasteiger partial charge in [0, 0.05) is 5.56 Å². The van der Waals surface area contributed by atoms with Crippen molar-refractivity contribution >= 4 is 17.7 Å². The number of aromatic amines is 1. The number of aromatic nitrogens is 5. The number of aromatic hydroxyl groups is 1. The van der Waals surface area contributed by atoms with Gasteiger partial charge in [-0.25, -0.2) is 4.57 Å². The van der Waals surface area contributed by atoms with Crippen LogP contribution in [0.5, 0.6) is 5.75 Å². The third-order valence-corrected chi connectivity index (χ3v) is 4.12. The quantitative estimate of drug-likeness (QED) is 0.749. The van der Waals surface area contributed by atoms with Crippen molar-refractivity contribution < 1.29 is 9.90 Å². The van der Waals surface area contributed by atoms with Gasteiger partial charge in [0.1, 0.15) is 11.4 Å². The van der Waals surface area contributed by atoms with Crippen molar-refractivity contribution in [2.24, 2.45) is 0 Å². The first kappa shape index (κ1) is 12.2. The van der Waals surface area contributed by atoms with Crippen LogP contribution in [0.4, 0.5) is 0 Å². The molecule has 2 N–H and O–H groups in total. The molecular formula is C13H9N5O2S. The van der Waals surface area contributed by atoms with E-state index in [1.165, 1.54) is 16.3 Å². The van der Waals surface area contributed by atoms with Gasteiger partial charge < -0.3 is 5.11 Å². The number of nitrogens with one attached hydrogen (secondary N) is 1. The summed E-state index contributed by atoms with van der Waals surface area (Å²) < 4.78 is 1.48. The van der Waals surface area contributed by atoms with Gasteiger partial charge in [-0.2, -0.15) is 5.10 Å². The standard InChI is InChI=1S/C13H9N5O2S/c19-10-4-2-1-3-7(10)8-5-9(15-14-8)12-16-17-13-18(12)11(20)6-21-13/h1-5,19H,6H2,(H,14,15).